The van der Waals surface area contributed by atoms with Crippen LogP contribution in [0, 0.1) is 20.8 Å². The van der Waals surface area contributed by atoms with E-state index in [0.717, 1.165) is 23.6 Å². The van der Waals surface area contributed by atoms with E-state index in [0.29, 0.717) is 11.4 Å². The van der Waals surface area contributed by atoms with Crippen LogP contribution in [0.5, 0.6) is 0 Å². The molecule has 0 saturated heterocycles. The van der Waals surface area contributed by atoms with Crippen LogP contribution >= 0.6 is 0 Å². The van der Waals surface area contributed by atoms with Crippen LogP contribution in [0.4, 0.5) is 5.69 Å². The molecular weight excluding hydrogens is 296 g/mol. The summed E-state index contributed by atoms with van der Waals surface area (Å²) in [5.41, 5.74) is 3.52. The second kappa shape index (κ2) is 6.64. The normalized spacial score (nSPS) is 10.7. The fraction of sp³-hybridized carbons (Fsp3) is 0.467. The van der Waals surface area contributed by atoms with E-state index in [2.05, 4.69) is 20.8 Å². The zero-order valence-electron chi connectivity index (χ0n) is 14.1. The van der Waals surface area contributed by atoms with Gasteiger partial charge in [0.2, 0.25) is 5.91 Å². The lowest BCUT2D eigenvalue weighted by Gasteiger charge is -2.08. The molecule has 2 amide bonds. The standard InChI is InChI=1S/C15H22N6O2/c1-6-21-11(4)14(10(3)19-21)17-13(22)8-16-15(23)12-7-9(2)18-20(12)5/h7H,6,8H2,1-5H3,(H,16,23)(H,17,22). The summed E-state index contributed by atoms with van der Waals surface area (Å²) in [7, 11) is 1.69. The van der Waals surface area contributed by atoms with Gasteiger partial charge in [-0.15, -0.1) is 0 Å². The van der Waals surface area contributed by atoms with Crippen molar-refractivity contribution in [3.63, 3.8) is 0 Å². The van der Waals surface area contributed by atoms with Crippen molar-refractivity contribution in [1.29, 1.82) is 0 Å². The minimum absolute atomic E-state index is 0.112. The number of rotatable bonds is 5. The minimum atomic E-state index is -0.332. The number of anilines is 1. The zero-order chi connectivity index (χ0) is 17.1. The van der Waals surface area contributed by atoms with E-state index in [4.69, 9.17) is 0 Å². The lowest BCUT2D eigenvalue weighted by atomic mass is 10.3. The molecule has 0 radical (unpaired) electrons. The van der Waals surface area contributed by atoms with Crippen LogP contribution in [-0.4, -0.2) is 37.9 Å². The van der Waals surface area contributed by atoms with Gasteiger partial charge in [-0.1, -0.05) is 0 Å². The minimum Gasteiger partial charge on any atom is -0.342 e. The first-order chi connectivity index (χ1) is 10.8. The Morgan fingerprint density at radius 3 is 2.43 bits per heavy atom. The molecule has 2 aromatic rings. The van der Waals surface area contributed by atoms with Crippen LogP contribution in [0.2, 0.25) is 0 Å². The summed E-state index contributed by atoms with van der Waals surface area (Å²) in [6, 6.07) is 1.67. The summed E-state index contributed by atoms with van der Waals surface area (Å²) in [6.07, 6.45) is 0. The number of carbonyl (C=O) groups excluding carboxylic acids is 2. The third-order valence-corrected chi connectivity index (χ3v) is 3.59. The third kappa shape index (κ3) is 3.58. The summed E-state index contributed by atoms with van der Waals surface area (Å²) in [6.45, 7) is 8.15. The number of aromatic nitrogens is 4. The highest BCUT2D eigenvalue weighted by Crippen LogP contribution is 2.18. The van der Waals surface area contributed by atoms with Gasteiger partial charge in [-0.25, -0.2) is 0 Å². The van der Waals surface area contributed by atoms with E-state index < -0.39 is 0 Å². The van der Waals surface area contributed by atoms with Crippen LogP contribution in [0.3, 0.4) is 0 Å². The Morgan fingerprint density at radius 2 is 1.91 bits per heavy atom. The molecule has 0 aliphatic heterocycles. The third-order valence-electron chi connectivity index (χ3n) is 3.59. The zero-order valence-corrected chi connectivity index (χ0v) is 14.1. The molecule has 8 heteroatoms. The Balaban J connectivity index is 1.97. The number of nitrogens with zero attached hydrogens (tertiary/aromatic N) is 4. The van der Waals surface area contributed by atoms with Gasteiger partial charge in [0.25, 0.3) is 5.91 Å². The summed E-state index contributed by atoms with van der Waals surface area (Å²) in [5, 5.41) is 13.8. The van der Waals surface area contributed by atoms with Crippen LogP contribution in [0.25, 0.3) is 0 Å². The highest BCUT2D eigenvalue weighted by molar-refractivity contribution is 5.99. The molecule has 23 heavy (non-hydrogen) atoms. The van der Waals surface area contributed by atoms with E-state index in [9.17, 15) is 9.59 Å². The molecule has 0 bridgehead atoms. The van der Waals surface area contributed by atoms with E-state index in [-0.39, 0.29) is 18.4 Å². The molecule has 2 heterocycles. The largest absolute Gasteiger partial charge is 0.342 e. The summed E-state index contributed by atoms with van der Waals surface area (Å²) >= 11 is 0. The van der Waals surface area contributed by atoms with Crippen LogP contribution in [-0.2, 0) is 18.4 Å². The molecule has 0 spiro atoms. The maximum atomic E-state index is 12.1. The summed E-state index contributed by atoms with van der Waals surface area (Å²) in [5.74, 6) is -0.625. The van der Waals surface area contributed by atoms with Crippen molar-refractivity contribution >= 4 is 17.5 Å². The fourth-order valence-electron chi connectivity index (χ4n) is 2.44. The summed E-state index contributed by atoms with van der Waals surface area (Å²) < 4.78 is 3.31. The molecular formula is C15H22N6O2. The Labute approximate surface area is 134 Å². The first-order valence-electron chi connectivity index (χ1n) is 7.46. The molecule has 0 aromatic carbocycles. The smallest absolute Gasteiger partial charge is 0.269 e. The predicted molar refractivity (Wildman–Crippen MR) is 86.3 cm³/mol. The predicted octanol–water partition coefficient (Wildman–Crippen LogP) is 0.930. The van der Waals surface area contributed by atoms with Gasteiger partial charge in [-0.3, -0.25) is 19.0 Å². The molecule has 2 N–H and O–H groups in total. The first-order valence-corrected chi connectivity index (χ1v) is 7.46. The maximum absolute atomic E-state index is 12.1. The SMILES string of the molecule is CCn1nc(C)c(NC(=O)CNC(=O)c2cc(C)nn2C)c1C. The average molecular weight is 318 g/mol. The molecule has 0 aliphatic carbocycles. The van der Waals surface area contributed by atoms with E-state index >= 15 is 0 Å². The molecule has 0 saturated carbocycles. The maximum Gasteiger partial charge on any atom is 0.269 e. The molecule has 8 nitrogen and oxygen atoms in total. The van der Waals surface area contributed by atoms with E-state index in [1.54, 1.807) is 20.0 Å². The van der Waals surface area contributed by atoms with Crippen LogP contribution in [0.1, 0.15) is 34.5 Å². The van der Waals surface area contributed by atoms with Crippen molar-refractivity contribution < 1.29 is 9.59 Å². The lowest BCUT2D eigenvalue weighted by molar-refractivity contribution is -0.115. The quantitative estimate of drug-likeness (QED) is 0.857. The molecule has 0 atom stereocenters. The van der Waals surface area contributed by atoms with Gasteiger partial charge in [0.05, 0.1) is 29.3 Å². The first kappa shape index (κ1) is 16.7. The van der Waals surface area contributed by atoms with Gasteiger partial charge in [0.1, 0.15) is 5.69 Å². The van der Waals surface area contributed by atoms with Crippen molar-refractivity contribution in [1.82, 2.24) is 24.9 Å². The van der Waals surface area contributed by atoms with E-state index in [1.165, 1.54) is 4.68 Å². The van der Waals surface area contributed by atoms with Crippen molar-refractivity contribution in [3.8, 4) is 0 Å². The Kier molecular flexibility index (Phi) is 4.83. The highest BCUT2D eigenvalue weighted by atomic mass is 16.2. The van der Waals surface area contributed by atoms with Gasteiger partial charge in [0.15, 0.2) is 0 Å². The van der Waals surface area contributed by atoms with Gasteiger partial charge in [-0.05, 0) is 33.8 Å². The number of hydrogen-bond donors (Lipinski definition) is 2. The van der Waals surface area contributed by atoms with Crippen molar-refractivity contribution in [2.24, 2.45) is 7.05 Å². The highest BCUT2D eigenvalue weighted by Gasteiger charge is 2.16. The molecule has 2 rings (SSSR count). The Hall–Kier alpha value is -2.64. The van der Waals surface area contributed by atoms with Crippen LogP contribution in [0.15, 0.2) is 6.07 Å². The van der Waals surface area contributed by atoms with Gasteiger partial charge in [0, 0.05) is 13.6 Å². The Bertz CT molecular complexity index is 743. The topological polar surface area (TPSA) is 93.8 Å². The van der Waals surface area contributed by atoms with Crippen LogP contribution < -0.4 is 10.6 Å². The van der Waals surface area contributed by atoms with E-state index in [1.807, 2.05) is 25.5 Å². The van der Waals surface area contributed by atoms with Crippen molar-refractivity contribution in [2.75, 3.05) is 11.9 Å². The van der Waals surface area contributed by atoms with Gasteiger partial charge < -0.3 is 10.6 Å². The molecule has 0 unspecified atom stereocenters. The number of aryl methyl sites for hydroxylation is 4. The average Bonchev–Trinajstić information content (AvgIpc) is 2.97. The van der Waals surface area contributed by atoms with Gasteiger partial charge >= 0.3 is 0 Å². The number of amides is 2. The second-order valence-electron chi connectivity index (χ2n) is 5.39. The summed E-state index contributed by atoms with van der Waals surface area (Å²) in [4.78, 5) is 24.1. The number of hydrogen-bond acceptors (Lipinski definition) is 4. The fourth-order valence-corrected chi connectivity index (χ4v) is 2.44. The lowest BCUT2D eigenvalue weighted by Crippen LogP contribution is -2.34. The van der Waals surface area contributed by atoms with Crippen molar-refractivity contribution in [3.05, 3.63) is 28.8 Å². The molecule has 0 fully saturated rings. The van der Waals surface area contributed by atoms with Gasteiger partial charge in [-0.2, -0.15) is 10.2 Å². The monoisotopic (exact) mass is 318 g/mol. The number of nitrogens with one attached hydrogen (secondary N) is 2. The molecule has 124 valence electrons. The van der Waals surface area contributed by atoms with Crippen molar-refractivity contribution in [2.45, 2.75) is 34.2 Å². The Morgan fingerprint density at radius 1 is 1.22 bits per heavy atom. The number of carbonyl (C=O) groups is 2. The molecule has 2 aromatic heterocycles. The molecule has 0 aliphatic rings. The second-order valence-corrected chi connectivity index (χ2v) is 5.39.